The Morgan fingerprint density at radius 3 is 2.50 bits per heavy atom. The minimum Gasteiger partial charge on any atom is -0.494 e. The molecule has 148 valence electrons. The lowest BCUT2D eigenvalue weighted by Gasteiger charge is -2.24. The molecule has 1 aliphatic rings. The molecule has 1 aliphatic heterocycles. The van der Waals surface area contributed by atoms with Crippen LogP contribution in [0.4, 0.5) is 10.5 Å². The number of anilines is 1. The topological polar surface area (TPSA) is 61.9 Å². The third-order valence-electron chi connectivity index (χ3n) is 4.80. The molecular weight excluding hydrogens is 354 g/mol. The zero-order valence-electron chi connectivity index (χ0n) is 16.4. The van der Waals surface area contributed by atoms with Crippen LogP contribution in [0.2, 0.25) is 0 Å². The summed E-state index contributed by atoms with van der Waals surface area (Å²) in [5.41, 5.74) is 1.90. The molecule has 6 heteroatoms. The largest absolute Gasteiger partial charge is 0.494 e. The number of hydrogen-bond donors (Lipinski definition) is 1. The molecule has 1 N–H and O–H groups in total. The van der Waals surface area contributed by atoms with Crippen molar-refractivity contribution >= 4 is 17.6 Å². The second kappa shape index (κ2) is 9.26. The lowest BCUT2D eigenvalue weighted by molar-refractivity contribution is -0.117. The summed E-state index contributed by atoms with van der Waals surface area (Å²) in [5, 5.41) is 3.01. The minimum atomic E-state index is -0.198. The van der Waals surface area contributed by atoms with E-state index in [-0.39, 0.29) is 18.0 Å². The molecule has 6 nitrogen and oxygen atoms in total. The summed E-state index contributed by atoms with van der Waals surface area (Å²) in [6.07, 6.45) is 0.307. The Balaban J connectivity index is 1.59. The minimum absolute atomic E-state index is 0.0144. The van der Waals surface area contributed by atoms with Gasteiger partial charge < -0.3 is 19.9 Å². The number of hydrogen-bond acceptors (Lipinski definition) is 3. The van der Waals surface area contributed by atoms with E-state index in [0.717, 1.165) is 17.0 Å². The number of carbonyl (C=O) groups excluding carboxylic acids is 2. The zero-order valence-corrected chi connectivity index (χ0v) is 16.4. The van der Waals surface area contributed by atoms with Crippen LogP contribution in [0.3, 0.4) is 0 Å². The van der Waals surface area contributed by atoms with Crippen LogP contribution < -0.4 is 15.0 Å². The number of urea groups is 1. The van der Waals surface area contributed by atoms with E-state index in [1.807, 2.05) is 68.4 Å². The molecule has 0 bridgehead atoms. The Labute approximate surface area is 166 Å². The van der Waals surface area contributed by atoms with E-state index in [1.54, 1.807) is 9.80 Å². The first-order chi connectivity index (χ1) is 13.6. The van der Waals surface area contributed by atoms with Gasteiger partial charge in [-0.2, -0.15) is 0 Å². The van der Waals surface area contributed by atoms with Crippen LogP contribution in [0.5, 0.6) is 5.75 Å². The van der Waals surface area contributed by atoms with Crippen molar-refractivity contribution in [3.63, 3.8) is 0 Å². The van der Waals surface area contributed by atoms with Crippen molar-refractivity contribution in [3.8, 4) is 5.75 Å². The third-order valence-corrected chi connectivity index (χ3v) is 4.80. The van der Waals surface area contributed by atoms with E-state index < -0.39 is 0 Å². The molecule has 1 atom stereocenters. The number of amides is 3. The average molecular weight is 381 g/mol. The van der Waals surface area contributed by atoms with Crippen molar-refractivity contribution in [2.45, 2.75) is 32.9 Å². The smallest absolute Gasteiger partial charge is 0.317 e. The van der Waals surface area contributed by atoms with Gasteiger partial charge in [0.05, 0.1) is 12.6 Å². The molecule has 28 heavy (non-hydrogen) atoms. The highest BCUT2D eigenvalue weighted by molar-refractivity contribution is 5.96. The van der Waals surface area contributed by atoms with Gasteiger partial charge in [-0.1, -0.05) is 30.3 Å². The van der Waals surface area contributed by atoms with Crippen molar-refractivity contribution in [1.29, 1.82) is 0 Å². The van der Waals surface area contributed by atoms with E-state index in [9.17, 15) is 9.59 Å². The highest BCUT2D eigenvalue weighted by Gasteiger charge is 2.32. The molecule has 0 aromatic heterocycles. The quantitative estimate of drug-likeness (QED) is 0.799. The first-order valence-corrected chi connectivity index (χ1v) is 9.73. The summed E-state index contributed by atoms with van der Waals surface area (Å²) in [4.78, 5) is 28.6. The maximum atomic E-state index is 12.7. The molecule has 2 aromatic carbocycles. The van der Waals surface area contributed by atoms with Gasteiger partial charge in [-0.3, -0.25) is 4.79 Å². The van der Waals surface area contributed by atoms with Crippen LogP contribution in [-0.2, 0) is 11.3 Å². The first-order valence-electron chi connectivity index (χ1n) is 9.73. The van der Waals surface area contributed by atoms with Gasteiger partial charge in [-0.05, 0) is 43.7 Å². The first kappa shape index (κ1) is 19.7. The summed E-state index contributed by atoms with van der Waals surface area (Å²) in [6, 6.07) is 17.0. The summed E-state index contributed by atoms with van der Waals surface area (Å²) in [5.74, 6) is 0.794. The predicted octanol–water partition coefficient (Wildman–Crippen LogP) is 3.42. The standard InChI is InChI=1S/C22H27N3O3/c1-3-24(15-17-8-6-5-7-9-17)22(27)23-18-14-21(26)25(16-18)19-10-12-20(13-11-19)28-4-2/h5-13,18H,3-4,14-16H2,1-2H3,(H,23,27)/t18-/m0/s1. The fraction of sp³-hybridized carbons (Fsp3) is 0.364. The van der Waals surface area contributed by atoms with Gasteiger partial charge in [0.25, 0.3) is 0 Å². The van der Waals surface area contributed by atoms with Gasteiger partial charge in [-0.15, -0.1) is 0 Å². The van der Waals surface area contributed by atoms with Gasteiger partial charge in [0, 0.05) is 31.7 Å². The molecule has 1 fully saturated rings. The third kappa shape index (κ3) is 4.82. The Kier molecular flexibility index (Phi) is 6.53. The molecule has 0 unspecified atom stereocenters. The highest BCUT2D eigenvalue weighted by atomic mass is 16.5. The Bertz CT molecular complexity index is 792. The van der Waals surface area contributed by atoms with Gasteiger partial charge in [0.15, 0.2) is 0 Å². The van der Waals surface area contributed by atoms with Crippen molar-refractivity contribution in [3.05, 3.63) is 60.2 Å². The van der Waals surface area contributed by atoms with Gasteiger partial charge in [0.2, 0.25) is 5.91 Å². The summed E-state index contributed by atoms with van der Waals surface area (Å²) >= 11 is 0. The molecule has 0 radical (unpaired) electrons. The normalized spacial score (nSPS) is 16.1. The van der Waals surface area contributed by atoms with Gasteiger partial charge in [-0.25, -0.2) is 4.79 Å². The van der Waals surface area contributed by atoms with Crippen LogP contribution in [0.15, 0.2) is 54.6 Å². The van der Waals surface area contributed by atoms with E-state index in [2.05, 4.69) is 5.32 Å². The molecule has 2 aromatic rings. The second-order valence-electron chi connectivity index (χ2n) is 6.78. The van der Waals surface area contributed by atoms with E-state index >= 15 is 0 Å². The van der Waals surface area contributed by atoms with Crippen LogP contribution in [-0.4, -0.2) is 42.6 Å². The lowest BCUT2D eigenvalue weighted by atomic mass is 10.2. The zero-order chi connectivity index (χ0) is 19.9. The number of ether oxygens (including phenoxy) is 1. The molecule has 0 spiro atoms. The van der Waals surface area contributed by atoms with Crippen LogP contribution in [0, 0.1) is 0 Å². The van der Waals surface area contributed by atoms with Crippen molar-refractivity contribution < 1.29 is 14.3 Å². The average Bonchev–Trinajstić information content (AvgIpc) is 3.07. The lowest BCUT2D eigenvalue weighted by Crippen LogP contribution is -2.45. The Morgan fingerprint density at radius 2 is 1.86 bits per heavy atom. The molecule has 3 rings (SSSR count). The van der Waals surface area contributed by atoms with Crippen molar-refractivity contribution in [2.24, 2.45) is 0 Å². The summed E-state index contributed by atoms with van der Waals surface area (Å²) in [7, 11) is 0. The summed E-state index contributed by atoms with van der Waals surface area (Å²) < 4.78 is 5.45. The molecule has 0 saturated carbocycles. The van der Waals surface area contributed by atoms with Crippen LogP contribution in [0.1, 0.15) is 25.8 Å². The molecule has 0 aliphatic carbocycles. The SMILES string of the molecule is CCOc1ccc(N2C[C@@H](NC(=O)N(CC)Cc3ccccc3)CC2=O)cc1. The van der Waals surface area contributed by atoms with Crippen molar-refractivity contribution in [2.75, 3.05) is 24.6 Å². The van der Waals surface area contributed by atoms with Gasteiger partial charge >= 0.3 is 6.03 Å². The number of benzene rings is 2. The predicted molar refractivity (Wildman–Crippen MR) is 109 cm³/mol. The van der Waals surface area contributed by atoms with E-state index in [0.29, 0.717) is 32.7 Å². The van der Waals surface area contributed by atoms with Crippen LogP contribution >= 0.6 is 0 Å². The van der Waals surface area contributed by atoms with E-state index in [4.69, 9.17) is 4.74 Å². The number of rotatable bonds is 7. The monoisotopic (exact) mass is 381 g/mol. The van der Waals surface area contributed by atoms with Crippen molar-refractivity contribution in [1.82, 2.24) is 10.2 Å². The fourth-order valence-corrected chi connectivity index (χ4v) is 3.34. The molecule has 1 heterocycles. The number of nitrogens with zero attached hydrogens (tertiary/aromatic N) is 2. The van der Waals surface area contributed by atoms with Gasteiger partial charge in [0.1, 0.15) is 5.75 Å². The maximum Gasteiger partial charge on any atom is 0.317 e. The molecule has 1 saturated heterocycles. The molecule has 3 amide bonds. The summed E-state index contributed by atoms with van der Waals surface area (Å²) in [6.45, 7) is 6.11. The number of nitrogens with one attached hydrogen (secondary N) is 1. The highest BCUT2D eigenvalue weighted by Crippen LogP contribution is 2.24. The fourth-order valence-electron chi connectivity index (χ4n) is 3.34. The van der Waals surface area contributed by atoms with E-state index in [1.165, 1.54) is 0 Å². The second-order valence-corrected chi connectivity index (χ2v) is 6.78. The molecular formula is C22H27N3O3. The number of carbonyl (C=O) groups is 2. The van der Waals surface area contributed by atoms with Crippen LogP contribution in [0.25, 0.3) is 0 Å². The Hall–Kier alpha value is -3.02. The maximum absolute atomic E-state index is 12.7. The Morgan fingerprint density at radius 1 is 1.14 bits per heavy atom.